The standard InChI is InChI=1S/C23H32N2O3/c1-3-15(2)21(26)12-22(27)25-17-10-11-18(25)14-24(13-17)23(28)20-7-5-4-6-19(20)16-8-9-16/h4-7,15-18,21,26H,3,8-14H2,1-2H3. The maximum atomic E-state index is 13.2. The number of nitrogens with zero attached hydrogens (tertiary/aromatic N) is 2. The summed E-state index contributed by atoms with van der Waals surface area (Å²) < 4.78 is 0. The molecule has 2 amide bonds. The summed E-state index contributed by atoms with van der Waals surface area (Å²) in [4.78, 5) is 30.0. The Bertz CT molecular complexity index is 731. The molecule has 4 rings (SSSR count). The Labute approximate surface area is 167 Å². The van der Waals surface area contributed by atoms with Crippen molar-refractivity contribution in [2.24, 2.45) is 5.92 Å². The summed E-state index contributed by atoms with van der Waals surface area (Å²) >= 11 is 0. The number of rotatable bonds is 6. The van der Waals surface area contributed by atoms with Gasteiger partial charge in [-0.1, -0.05) is 38.5 Å². The van der Waals surface area contributed by atoms with E-state index in [0.29, 0.717) is 19.0 Å². The number of piperazine rings is 1. The maximum Gasteiger partial charge on any atom is 0.254 e. The second-order valence-corrected chi connectivity index (χ2v) is 8.91. The number of carbonyl (C=O) groups is 2. The third-order valence-electron chi connectivity index (χ3n) is 6.95. The highest BCUT2D eigenvalue weighted by Gasteiger charge is 2.44. The zero-order valence-electron chi connectivity index (χ0n) is 17.0. The number of likely N-dealkylation sites (tertiary alicyclic amines) is 1. The van der Waals surface area contributed by atoms with Gasteiger partial charge in [0.15, 0.2) is 0 Å². The lowest BCUT2D eigenvalue weighted by Gasteiger charge is -2.41. The first kappa shape index (κ1) is 19.4. The molecule has 3 fully saturated rings. The van der Waals surface area contributed by atoms with E-state index in [1.54, 1.807) is 0 Å². The Morgan fingerprint density at radius 2 is 1.75 bits per heavy atom. The average molecular weight is 385 g/mol. The largest absolute Gasteiger partial charge is 0.392 e. The fourth-order valence-corrected chi connectivity index (χ4v) is 4.85. The van der Waals surface area contributed by atoms with Crippen molar-refractivity contribution in [3.63, 3.8) is 0 Å². The number of aliphatic hydroxyl groups excluding tert-OH is 1. The lowest BCUT2D eigenvalue weighted by atomic mass is 9.98. The summed E-state index contributed by atoms with van der Waals surface area (Å²) in [5.41, 5.74) is 2.03. The van der Waals surface area contributed by atoms with E-state index in [1.807, 2.05) is 41.8 Å². The van der Waals surface area contributed by atoms with E-state index in [9.17, 15) is 14.7 Å². The van der Waals surface area contributed by atoms with Crippen LogP contribution in [0.5, 0.6) is 0 Å². The topological polar surface area (TPSA) is 60.9 Å². The Morgan fingerprint density at radius 3 is 2.36 bits per heavy atom. The number of amides is 2. The first-order valence-corrected chi connectivity index (χ1v) is 10.9. The van der Waals surface area contributed by atoms with Crippen LogP contribution in [0, 0.1) is 5.92 Å². The molecule has 152 valence electrons. The average Bonchev–Trinajstić information content (AvgIpc) is 3.51. The molecule has 2 aliphatic heterocycles. The van der Waals surface area contributed by atoms with Gasteiger partial charge in [-0.25, -0.2) is 0 Å². The van der Waals surface area contributed by atoms with Gasteiger partial charge >= 0.3 is 0 Å². The second kappa shape index (κ2) is 7.86. The van der Waals surface area contributed by atoms with Crippen LogP contribution < -0.4 is 0 Å². The Morgan fingerprint density at radius 1 is 1.11 bits per heavy atom. The zero-order chi connectivity index (χ0) is 19.8. The minimum Gasteiger partial charge on any atom is -0.392 e. The number of benzene rings is 1. The van der Waals surface area contributed by atoms with Gasteiger partial charge in [-0.2, -0.15) is 0 Å². The molecule has 2 heterocycles. The molecule has 0 spiro atoms. The van der Waals surface area contributed by atoms with Crippen molar-refractivity contribution in [2.45, 2.75) is 76.5 Å². The Kier molecular flexibility index (Phi) is 5.46. The summed E-state index contributed by atoms with van der Waals surface area (Å²) in [5.74, 6) is 0.835. The summed E-state index contributed by atoms with van der Waals surface area (Å²) in [7, 11) is 0. The van der Waals surface area contributed by atoms with Gasteiger partial charge in [0.05, 0.1) is 12.5 Å². The minimum atomic E-state index is -0.581. The number of fused-ring (bicyclic) bond motifs is 2. The predicted molar refractivity (Wildman–Crippen MR) is 108 cm³/mol. The number of carbonyl (C=O) groups excluding carboxylic acids is 2. The summed E-state index contributed by atoms with van der Waals surface area (Å²) in [6.07, 6.45) is 4.73. The minimum absolute atomic E-state index is 0.0470. The number of hydrogen-bond donors (Lipinski definition) is 1. The van der Waals surface area contributed by atoms with Gasteiger partial charge in [0.2, 0.25) is 5.91 Å². The van der Waals surface area contributed by atoms with Crippen LogP contribution in [0.2, 0.25) is 0 Å². The molecule has 2 bridgehead atoms. The van der Waals surface area contributed by atoms with Crippen LogP contribution >= 0.6 is 0 Å². The Hall–Kier alpha value is -1.88. The van der Waals surface area contributed by atoms with Crippen molar-refractivity contribution < 1.29 is 14.7 Å². The maximum absolute atomic E-state index is 13.2. The molecule has 28 heavy (non-hydrogen) atoms. The van der Waals surface area contributed by atoms with Crippen LogP contribution in [0.25, 0.3) is 0 Å². The van der Waals surface area contributed by atoms with E-state index < -0.39 is 6.10 Å². The van der Waals surface area contributed by atoms with E-state index in [2.05, 4.69) is 6.07 Å². The molecule has 1 aromatic rings. The summed E-state index contributed by atoms with van der Waals surface area (Å²) in [5, 5.41) is 10.3. The van der Waals surface area contributed by atoms with E-state index in [4.69, 9.17) is 0 Å². The van der Waals surface area contributed by atoms with Gasteiger partial charge in [-0.15, -0.1) is 0 Å². The molecule has 1 aliphatic carbocycles. The number of hydrogen-bond acceptors (Lipinski definition) is 3. The van der Waals surface area contributed by atoms with Gasteiger partial charge in [0, 0.05) is 30.7 Å². The molecule has 4 atom stereocenters. The molecular weight excluding hydrogens is 352 g/mol. The second-order valence-electron chi connectivity index (χ2n) is 8.91. The molecule has 5 heteroatoms. The van der Waals surface area contributed by atoms with Gasteiger partial charge in [-0.3, -0.25) is 9.59 Å². The first-order valence-electron chi connectivity index (χ1n) is 10.9. The van der Waals surface area contributed by atoms with Gasteiger partial charge < -0.3 is 14.9 Å². The van der Waals surface area contributed by atoms with Crippen molar-refractivity contribution in [1.82, 2.24) is 9.80 Å². The third kappa shape index (κ3) is 3.69. The van der Waals surface area contributed by atoms with Crippen molar-refractivity contribution in [3.05, 3.63) is 35.4 Å². The normalized spacial score (nSPS) is 26.2. The molecule has 0 radical (unpaired) electrons. The lowest BCUT2D eigenvalue weighted by molar-refractivity contribution is -0.139. The SMILES string of the molecule is CCC(C)C(O)CC(=O)N1C2CCC1CN(C(=O)c1ccccc1C1CC1)C2. The quantitative estimate of drug-likeness (QED) is 0.819. The van der Waals surface area contributed by atoms with Crippen molar-refractivity contribution in [3.8, 4) is 0 Å². The highest BCUT2D eigenvalue weighted by Crippen LogP contribution is 2.42. The molecule has 2 saturated heterocycles. The highest BCUT2D eigenvalue weighted by molar-refractivity contribution is 5.96. The molecule has 1 aromatic carbocycles. The fourth-order valence-electron chi connectivity index (χ4n) is 4.85. The summed E-state index contributed by atoms with van der Waals surface area (Å²) in [6.45, 7) is 5.24. The first-order chi connectivity index (χ1) is 13.5. The van der Waals surface area contributed by atoms with E-state index in [1.165, 1.54) is 18.4 Å². The van der Waals surface area contributed by atoms with Crippen molar-refractivity contribution in [2.75, 3.05) is 13.1 Å². The van der Waals surface area contributed by atoms with Crippen LogP contribution in [0.15, 0.2) is 24.3 Å². The van der Waals surface area contributed by atoms with Gasteiger partial charge in [0.25, 0.3) is 5.91 Å². The lowest BCUT2D eigenvalue weighted by Crippen LogP contribution is -2.57. The van der Waals surface area contributed by atoms with Crippen molar-refractivity contribution in [1.29, 1.82) is 0 Å². The molecule has 1 N–H and O–H groups in total. The Balaban J connectivity index is 1.44. The summed E-state index contributed by atoms with van der Waals surface area (Å²) in [6, 6.07) is 8.20. The smallest absolute Gasteiger partial charge is 0.254 e. The monoisotopic (exact) mass is 384 g/mol. The number of aliphatic hydroxyl groups is 1. The van der Waals surface area contributed by atoms with E-state index in [0.717, 1.165) is 24.8 Å². The molecular formula is C23H32N2O3. The molecule has 0 aromatic heterocycles. The fraction of sp³-hybridized carbons (Fsp3) is 0.652. The van der Waals surface area contributed by atoms with E-state index >= 15 is 0 Å². The van der Waals surface area contributed by atoms with E-state index in [-0.39, 0.29) is 36.2 Å². The predicted octanol–water partition coefficient (Wildman–Crippen LogP) is 3.18. The molecule has 3 aliphatic rings. The third-order valence-corrected chi connectivity index (χ3v) is 6.95. The van der Waals surface area contributed by atoms with Gasteiger partial charge in [-0.05, 0) is 49.1 Å². The van der Waals surface area contributed by atoms with Crippen molar-refractivity contribution >= 4 is 11.8 Å². The molecule has 4 unspecified atom stereocenters. The van der Waals surface area contributed by atoms with Crippen LogP contribution in [0.4, 0.5) is 0 Å². The van der Waals surface area contributed by atoms with Crippen LogP contribution in [0.3, 0.4) is 0 Å². The van der Waals surface area contributed by atoms with Crippen LogP contribution in [-0.2, 0) is 4.79 Å². The molecule has 5 nitrogen and oxygen atoms in total. The highest BCUT2D eigenvalue weighted by atomic mass is 16.3. The van der Waals surface area contributed by atoms with Gasteiger partial charge in [0.1, 0.15) is 0 Å². The zero-order valence-corrected chi connectivity index (χ0v) is 17.0. The molecule has 1 saturated carbocycles. The van der Waals surface area contributed by atoms with Crippen LogP contribution in [0.1, 0.15) is 74.2 Å². The van der Waals surface area contributed by atoms with Crippen LogP contribution in [-0.4, -0.2) is 58.0 Å².